The summed E-state index contributed by atoms with van der Waals surface area (Å²) >= 11 is 0.818. The summed E-state index contributed by atoms with van der Waals surface area (Å²) in [5.74, 6) is -0.236. The van der Waals surface area contributed by atoms with Crippen LogP contribution in [0.4, 0.5) is 0 Å². The maximum atomic E-state index is 12.3. The largest absolute Gasteiger partial charge is 0.504 e. The van der Waals surface area contributed by atoms with Crippen LogP contribution in [0.3, 0.4) is 0 Å². The summed E-state index contributed by atoms with van der Waals surface area (Å²) in [6.07, 6.45) is 0. The Labute approximate surface area is 110 Å². The summed E-state index contributed by atoms with van der Waals surface area (Å²) in [5.41, 5.74) is 0.425. The van der Waals surface area contributed by atoms with Gasteiger partial charge in [-0.25, -0.2) is 8.42 Å². The Kier molecular flexibility index (Phi) is 3.41. The van der Waals surface area contributed by atoms with Crippen molar-refractivity contribution in [1.29, 1.82) is 0 Å². The highest BCUT2D eigenvalue weighted by atomic mass is 32.2. The Bertz CT molecular complexity index is 645. The van der Waals surface area contributed by atoms with Crippen LogP contribution in [0, 0.1) is 0 Å². The third-order valence-electron chi connectivity index (χ3n) is 2.51. The van der Waals surface area contributed by atoms with Crippen LogP contribution in [-0.2, 0) is 9.84 Å². The molecule has 0 saturated heterocycles. The third kappa shape index (κ3) is 2.13. The van der Waals surface area contributed by atoms with Gasteiger partial charge < -0.3 is 5.11 Å². The van der Waals surface area contributed by atoms with Crippen molar-refractivity contribution in [1.82, 2.24) is 4.37 Å². The Balaban J connectivity index is 2.56. The molecular formula is C12H13NO3S2. The van der Waals surface area contributed by atoms with Gasteiger partial charge in [-0.1, -0.05) is 32.0 Å². The molecule has 0 aliphatic carbocycles. The fraction of sp³-hybridized carbons (Fsp3) is 0.250. The van der Waals surface area contributed by atoms with E-state index in [1.165, 1.54) is 12.1 Å². The summed E-state index contributed by atoms with van der Waals surface area (Å²) in [6, 6.07) is 8.04. The number of rotatable bonds is 3. The smallest absolute Gasteiger partial charge is 0.221 e. The van der Waals surface area contributed by atoms with Gasteiger partial charge in [0, 0.05) is 5.92 Å². The number of hydrogen-bond acceptors (Lipinski definition) is 5. The maximum absolute atomic E-state index is 12.3. The third-order valence-corrected chi connectivity index (χ3v) is 5.61. The summed E-state index contributed by atoms with van der Waals surface area (Å²) in [5, 5.41) is 9.96. The first-order valence-electron chi connectivity index (χ1n) is 5.43. The molecule has 18 heavy (non-hydrogen) atoms. The molecule has 2 aromatic rings. The molecule has 0 fully saturated rings. The number of aromatic nitrogens is 1. The van der Waals surface area contributed by atoms with E-state index in [4.69, 9.17) is 0 Å². The van der Waals surface area contributed by atoms with Crippen LogP contribution in [-0.4, -0.2) is 17.9 Å². The minimum Gasteiger partial charge on any atom is -0.504 e. The second kappa shape index (κ2) is 4.70. The van der Waals surface area contributed by atoms with Gasteiger partial charge in [-0.05, 0) is 23.7 Å². The number of sulfone groups is 1. The molecule has 0 aliphatic rings. The summed E-state index contributed by atoms with van der Waals surface area (Å²) in [4.78, 5) is 0.166. The molecule has 0 unspecified atom stereocenters. The minimum atomic E-state index is -3.68. The molecule has 0 saturated carbocycles. The number of hydrogen-bond donors (Lipinski definition) is 1. The normalized spacial score (nSPS) is 11.9. The standard InChI is InChI=1S/C12H13NO3S2/c1-8(2)10-11(14)12(17-13-10)18(15,16)9-6-4-3-5-7-9/h3-8,14H,1-2H3. The number of benzene rings is 1. The van der Waals surface area contributed by atoms with E-state index in [9.17, 15) is 13.5 Å². The van der Waals surface area contributed by atoms with E-state index in [1.54, 1.807) is 18.2 Å². The highest BCUT2D eigenvalue weighted by Gasteiger charge is 2.27. The minimum absolute atomic E-state index is 0.0130. The Hall–Kier alpha value is -1.40. The highest BCUT2D eigenvalue weighted by molar-refractivity contribution is 7.93. The predicted octanol–water partition coefficient (Wildman–Crippen LogP) is 2.80. The molecule has 0 atom stereocenters. The molecule has 1 aromatic heterocycles. The molecule has 0 amide bonds. The van der Waals surface area contributed by atoms with Gasteiger partial charge in [0.1, 0.15) is 0 Å². The van der Waals surface area contributed by atoms with Crippen molar-refractivity contribution in [2.45, 2.75) is 28.9 Å². The molecule has 1 N–H and O–H groups in total. The second-order valence-corrected chi connectivity index (χ2v) is 7.09. The topological polar surface area (TPSA) is 67.3 Å². The Morgan fingerprint density at radius 2 is 1.83 bits per heavy atom. The zero-order valence-electron chi connectivity index (χ0n) is 9.99. The first-order chi connectivity index (χ1) is 8.44. The first-order valence-corrected chi connectivity index (χ1v) is 7.69. The summed E-state index contributed by atoms with van der Waals surface area (Å²) in [7, 11) is -3.68. The SMILES string of the molecule is CC(C)c1nsc(S(=O)(=O)c2ccccc2)c1O. The van der Waals surface area contributed by atoms with Crippen molar-refractivity contribution in [2.75, 3.05) is 0 Å². The average Bonchev–Trinajstić information content (AvgIpc) is 2.73. The Morgan fingerprint density at radius 1 is 1.22 bits per heavy atom. The molecule has 1 heterocycles. The fourth-order valence-electron chi connectivity index (χ4n) is 1.54. The quantitative estimate of drug-likeness (QED) is 0.940. The number of aromatic hydroxyl groups is 1. The van der Waals surface area contributed by atoms with E-state index in [2.05, 4.69) is 4.37 Å². The molecular weight excluding hydrogens is 270 g/mol. The highest BCUT2D eigenvalue weighted by Crippen LogP contribution is 2.37. The van der Waals surface area contributed by atoms with Gasteiger partial charge in [0.2, 0.25) is 9.84 Å². The predicted molar refractivity (Wildman–Crippen MR) is 69.8 cm³/mol. The van der Waals surface area contributed by atoms with E-state index in [-0.39, 0.29) is 20.8 Å². The van der Waals surface area contributed by atoms with Crippen molar-refractivity contribution in [2.24, 2.45) is 0 Å². The summed E-state index contributed by atoms with van der Waals surface area (Å²) < 4.78 is 28.5. The van der Waals surface area contributed by atoms with Crippen molar-refractivity contribution >= 4 is 21.4 Å². The maximum Gasteiger partial charge on any atom is 0.221 e. The Morgan fingerprint density at radius 3 is 2.33 bits per heavy atom. The van der Waals surface area contributed by atoms with Crippen LogP contribution in [0.15, 0.2) is 39.4 Å². The van der Waals surface area contributed by atoms with Crippen LogP contribution in [0.1, 0.15) is 25.5 Å². The van der Waals surface area contributed by atoms with Gasteiger partial charge in [0.25, 0.3) is 0 Å². The fourth-order valence-corrected chi connectivity index (χ4v) is 4.09. The van der Waals surface area contributed by atoms with Gasteiger partial charge in [0.05, 0.1) is 10.6 Å². The lowest BCUT2D eigenvalue weighted by Gasteiger charge is -2.03. The second-order valence-electron chi connectivity index (χ2n) is 4.18. The van der Waals surface area contributed by atoms with Crippen LogP contribution < -0.4 is 0 Å². The molecule has 96 valence electrons. The molecule has 1 aromatic carbocycles. The first kappa shape index (κ1) is 13.0. The lowest BCUT2D eigenvalue weighted by molar-refractivity contribution is 0.452. The zero-order valence-corrected chi connectivity index (χ0v) is 11.6. The van der Waals surface area contributed by atoms with Gasteiger partial charge in [0.15, 0.2) is 9.96 Å². The van der Waals surface area contributed by atoms with Crippen molar-refractivity contribution in [3.05, 3.63) is 36.0 Å². The van der Waals surface area contributed by atoms with E-state index in [1.807, 2.05) is 13.8 Å². The molecule has 4 nitrogen and oxygen atoms in total. The van der Waals surface area contributed by atoms with E-state index in [0.717, 1.165) is 11.5 Å². The molecule has 0 radical (unpaired) electrons. The van der Waals surface area contributed by atoms with Gasteiger partial charge in [-0.15, -0.1) is 0 Å². The van der Waals surface area contributed by atoms with Crippen LogP contribution >= 0.6 is 11.5 Å². The van der Waals surface area contributed by atoms with Crippen molar-refractivity contribution in [3.8, 4) is 5.75 Å². The van der Waals surface area contributed by atoms with Crippen molar-refractivity contribution < 1.29 is 13.5 Å². The molecule has 6 heteroatoms. The van der Waals surface area contributed by atoms with Crippen LogP contribution in [0.5, 0.6) is 5.75 Å². The van der Waals surface area contributed by atoms with Crippen LogP contribution in [0.2, 0.25) is 0 Å². The molecule has 2 rings (SSSR count). The lowest BCUT2D eigenvalue weighted by Crippen LogP contribution is -1.99. The average molecular weight is 283 g/mol. The molecule has 0 aliphatic heterocycles. The van der Waals surface area contributed by atoms with E-state index < -0.39 is 9.84 Å². The van der Waals surface area contributed by atoms with E-state index >= 15 is 0 Å². The van der Waals surface area contributed by atoms with Crippen molar-refractivity contribution in [3.63, 3.8) is 0 Å². The lowest BCUT2D eigenvalue weighted by atomic mass is 10.1. The van der Waals surface area contributed by atoms with Gasteiger partial charge >= 0.3 is 0 Å². The molecule has 0 spiro atoms. The monoisotopic (exact) mass is 283 g/mol. The van der Waals surface area contributed by atoms with Gasteiger partial charge in [-0.3, -0.25) is 0 Å². The zero-order chi connectivity index (χ0) is 13.3. The number of nitrogens with zero attached hydrogens (tertiary/aromatic N) is 1. The summed E-state index contributed by atoms with van der Waals surface area (Å²) in [6.45, 7) is 3.71. The molecule has 0 bridgehead atoms. The van der Waals surface area contributed by atoms with E-state index in [0.29, 0.717) is 5.69 Å². The van der Waals surface area contributed by atoms with Gasteiger partial charge in [-0.2, -0.15) is 4.37 Å². The van der Waals surface area contributed by atoms with Crippen LogP contribution in [0.25, 0.3) is 0 Å².